The Balaban J connectivity index is 1.28. The Bertz CT molecular complexity index is 1380. The molecule has 0 saturated heterocycles. The Morgan fingerprint density at radius 1 is 0.972 bits per heavy atom. The van der Waals surface area contributed by atoms with Crippen LogP contribution in [0.15, 0.2) is 88.9 Å². The van der Waals surface area contributed by atoms with Crippen LogP contribution in [0.4, 0.5) is 4.79 Å². The molecule has 36 heavy (non-hydrogen) atoms. The number of aromatic nitrogens is 1. The number of pyridine rings is 1. The number of rotatable bonds is 7. The minimum Gasteiger partial charge on any atom is -0.449 e. The molecule has 1 aromatic heterocycles. The second-order valence-corrected chi connectivity index (χ2v) is 10.1. The quantitative estimate of drug-likeness (QED) is 0.264. The lowest BCUT2D eigenvalue weighted by Crippen LogP contribution is -2.26. The standard InChI is InChI=1S/C28H22Cl2N2O3S/c29-19-12-18(26(25(30)13-19)36-27-17(15-33)6-5-11-31-27)14-32-28(34)35-16-24-22-9-3-1-7-20(22)21-8-2-4-10-23(21)24/h1-13,24,33H,14-16H2,(H,32,34). The van der Waals surface area contributed by atoms with Crippen LogP contribution in [0.25, 0.3) is 11.1 Å². The molecule has 0 aliphatic heterocycles. The van der Waals surface area contributed by atoms with E-state index in [2.05, 4.69) is 34.6 Å². The van der Waals surface area contributed by atoms with Crippen LogP contribution >= 0.6 is 35.0 Å². The third kappa shape index (κ3) is 5.08. The summed E-state index contributed by atoms with van der Waals surface area (Å²) in [6, 6.07) is 23.4. The van der Waals surface area contributed by atoms with E-state index < -0.39 is 6.09 Å². The van der Waals surface area contributed by atoms with Gasteiger partial charge in [0.15, 0.2) is 0 Å². The van der Waals surface area contributed by atoms with Crippen molar-refractivity contribution < 1.29 is 14.6 Å². The highest BCUT2D eigenvalue weighted by Gasteiger charge is 2.29. The molecule has 0 spiro atoms. The summed E-state index contributed by atoms with van der Waals surface area (Å²) >= 11 is 14.1. The molecule has 5 nitrogen and oxygen atoms in total. The monoisotopic (exact) mass is 536 g/mol. The lowest BCUT2D eigenvalue weighted by Gasteiger charge is -2.16. The van der Waals surface area contributed by atoms with Crippen molar-refractivity contribution in [2.45, 2.75) is 29.0 Å². The van der Waals surface area contributed by atoms with Gasteiger partial charge in [0.2, 0.25) is 0 Å². The molecular weight excluding hydrogens is 515 g/mol. The van der Waals surface area contributed by atoms with Gasteiger partial charge in [-0.25, -0.2) is 9.78 Å². The average molecular weight is 537 g/mol. The van der Waals surface area contributed by atoms with Crippen LogP contribution < -0.4 is 5.32 Å². The molecule has 0 atom stereocenters. The Morgan fingerprint density at radius 2 is 1.67 bits per heavy atom. The van der Waals surface area contributed by atoms with E-state index in [4.69, 9.17) is 27.9 Å². The molecule has 1 aliphatic carbocycles. The highest BCUT2D eigenvalue weighted by molar-refractivity contribution is 7.99. The summed E-state index contributed by atoms with van der Waals surface area (Å²) in [7, 11) is 0. The molecule has 1 aliphatic rings. The summed E-state index contributed by atoms with van der Waals surface area (Å²) in [5.41, 5.74) is 6.07. The van der Waals surface area contributed by atoms with Crippen LogP contribution in [0, 0.1) is 0 Å². The molecule has 4 aromatic rings. The maximum atomic E-state index is 12.7. The largest absolute Gasteiger partial charge is 0.449 e. The van der Waals surface area contributed by atoms with Crippen LogP contribution in [0.2, 0.25) is 10.0 Å². The first-order valence-electron chi connectivity index (χ1n) is 11.3. The molecule has 0 unspecified atom stereocenters. The number of fused-ring (bicyclic) bond motifs is 3. The van der Waals surface area contributed by atoms with Crippen molar-refractivity contribution in [1.29, 1.82) is 0 Å². The van der Waals surface area contributed by atoms with Crippen LogP contribution in [0.3, 0.4) is 0 Å². The molecule has 0 bridgehead atoms. The molecule has 182 valence electrons. The van der Waals surface area contributed by atoms with Crippen molar-refractivity contribution in [2.24, 2.45) is 0 Å². The van der Waals surface area contributed by atoms with Crippen LogP contribution in [0.5, 0.6) is 0 Å². The zero-order valence-electron chi connectivity index (χ0n) is 19.1. The Hall–Kier alpha value is -3.03. The lowest BCUT2D eigenvalue weighted by molar-refractivity contribution is 0.142. The van der Waals surface area contributed by atoms with Crippen molar-refractivity contribution in [3.63, 3.8) is 0 Å². The van der Waals surface area contributed by atoms with E-state index in [1.807, 2.05) is 24.3 Å². The minimum absolute atomic E-state index is 0.0176. The maximum absolute atomic E-state index is 12.7. The van der Waals surface area contributed by atoms with Gasteiger partial charge < -0.3 is 15.2 Å². The summed E-state index contributed by atoms with van der Waals surface area (Å²) in [4.78, 5) is 17.7. The Labute approximate surface area is 223 Å². The lowest BCUT2D eigenvalue weighted by atomic mass is 9.98. The van der Waals surface area contributed by atoms with E-state index in [1.165, 1.54) is 22.9 Å². The van der Waals surface area contributed by atoms with Gasteiger partial charge in [-0.05, 0) is 46.0 Å². The van der Waals surface area contributed by atoms with Crippen molar-refractivity contribution in [3.8, 4) is 11.1 Å². The predicted octanol–water partition coefficient (Wildman–Crippen LogP) is 7.07. The third-order valence-corrected chi connectivity index (χ3v) is 7.95. The molecule has 0 saturated carbocycles. The van der Waals surface area contributed by atoms with E-state index in [-0.39, 0.29) is 25.7 Å². The van der Waals surface area contributed by atoms with E-state index in [0.717, 1.165) is 16.7 Å². The van der Waals surface area contributed by atoms with E-state index in [9.17, 15) is 9.90 Å². The number of carbonyl (C=O) groups is 1. The SMILES string of the molecule is O=C(NCc1cc(Cl)cc(Cl)c1Sc1ncccc1CO)OCC1c2ccccc2-c2ccccc21. The zero-order valence-corrected chi connectivity index (χ0v) is 21.4. The second-order valence-electron chi connectivity index (χ2n) is 8.28. The fourth-order valence-corrected chi connectivity index (χ4v) is 6.05. The van der Waals surface area contributed by atoms with Gasteiger partial charge in [-0.3, -0.25) is 0 Å². The summed E-state index contributed by atoms with van der Waals surface area (Å²) in [5, 5.41) is 14.0. The summed E-state index contributed by atoms with van der Waals surface area (Å²) in [6.07, 6.45) is 1.12. The third-order valence-electron chi connectivity index (χ3n) is 6.07. The normalized spacial score (nSPS) is 12.2. The van der Waals surface area contributed by atoms with Gasteiger partial charge >= 0.3 is 6.09 Å². The molecule has 0 fully saturated rings. The number of aliphatic hydroxyl groups is 1. The van der Waals surface area contributed by atoms with Crippen molar-refractivity contribution in [3.05, 3.63) is 111 Å². The molecule has 1 amide bonds. The van der Waals surface area contributed by atoms with Gasteiger partial charge in [-0.1, -0.05) is 89.6 Å². The number of aliphatic hydroxyl groups excluding tert-OH is 1. The van der Waals surface area contributed by atoms with Crippen molar-refractivity contribution in [2.75, 3.05) is 6.61 Å². The molecule has 2 N–H and O–H groups in total. The average Bonchev–Trinajstić information content (AvgIpc) is 3.22. The number of nitrogens with one attached hydrogen (secondary N) is 1. The number of alkyl carbamates (subject to hydrolysis) is 1. The van der Waals surface area contributed by atoms with E-state index in [0.29, 0.717) is 25.5 Å². The minimum atomic E-state index is -0.530. The molecule has 5 rings (SSSR count). The van der Waals surface area contributed by atoms with Crippen LogP contribution in [-0.4, -0.2) is 22.8 Å². The van der Waals surface area contributed by atoms with Crippen LogP contribution in [-0.2, 0) is 17.9 Å². The fraction of sp³-hybridized carbons (Fsp3) is 0.143. The number of carbonyl (C=O) groups excluding carboxylic acids is 1. The fourth-order valence-electron chi connectivity index (χ4n) is 4.41. The molecule has 3 aromatic carbocycles. The summed E-state index contributed by atoms with van der Waals surface area (Å²) in [5.74, 6) is -0.0176. The van der Waals surface area contributed by atoms with Gasteiger partial charge in [-0.2, -0.15) is 0 Å². The number of nitrogens with zero attached hydrogens (tertiary/aromatic N) is 1. The van der Waals surface area contributed by atoms with Crippen molar-refractivity contribution >= 4 is 41.1 Å². The molecule has 0 radical (unpaired) electrons. The maximum Gasteiger partial charge on any atom is 0.407 e. The topological polar surface area (TPSA) is 71.5 Å². The summed E-state index contributed by atoms with van der Waals surface area (Å²) in [6.45, 7) is 0.251. The first-order valence-corrected chi connectivity index (χ1v) is 12.9. The number of hydrogen-bond acceptors (Lipinski definition) is 5. The predicted molar refractivity (Wildman–Crippen MR) is 143 cm³/mol. The first kappa shape index (κ1) is 24.7. The number of amides is 1. The first-order chi connectivity index (χ1) is 17.5. The Morgan fingerprint density at radius 3 is 2.36 bits per heavy atom. The van der Waals surface area contributed by atoms with Crippen molar-refractivity contribution in [1.82, 2.24) is 10.3 Å². The van der Waals surface area contributed by atoms with Gasteiger partial charge in [-0.15, -0.1) is 0 Å². The van der Waals surface area contributed by atoms with Gasteiger partial charge in [0, 0.05) is 34.1 Å². The van der Waals surface area contributed by atoms with E-state index >= 15 is 0 Å². The van der Waals surface area contributed by atoms with Gasteiger partial charge in [0.1, 0.15) is 11.6 Å². The molecular formula is C28H22Cl2N2O3S. The second kappa shape index (κ2) is 10.9. The number of benzene rings is 3. The highest BCUT2D eigenvalue weighted by atomic mass is 35.5. The van der Waals surface area contributed by atoms with Crippen LogP contribution in [0.1, 0.15) is 28.2 Å². The molecule has 8 heteroatoms. The number of ether oxygens (including phenoxy) is 1. The van der Waals surface area contributed by atoms with Gasteiger partial charge in [0.05, 0.1) is 11.6 Å². The van der Waals surface area contributed by atoms with Gasteiger partial charge in [0.25, 0.3) is 0 Å². The zero-order chi connectivity index (χ0) is 25.1. The Kier molecular flexibility index (Phi) is 7.48. The summed E-state index contributed by atoms with van der Waals surface area (Å²) < 4.78 is 5.65. The smallest absolute Gasteiger partial charge is 0.407 e. The molecule has 1 heterocycles. The number of hydrogen-bond donors (Lipinski definition) is 2. The van der Waals surface area contributed by atoms with E-state index in [1.54, 1.807) is 30.5 Å². The number of halogens is 2. The highest BCUT2D eigenvalue weighted by Crippen LogP contribution is 2.44.